The van der Waals surface area contributed by atoms with Crippen molar-refractivity contribution in [1.29, 1.82) is 0 Å². The van der Waals surface area contributed by atoms with E-state index in [0.29, 0.717) is 18.7 Å². The third-order valence-corrected chi connectivity index (χ3v) is 5.88. The van der Waals surface area contributed by atoms with Gasteiger partial charge in [-0.1, -0.05) is 48.4 Å². The molecular formula is C24H32N2O3S. The first-order chi connectivity index (χ1) is 14.4. The van der Waals surface area contributed by atoms with Gasteiger partial charge in [-0.2, -0.15) is 0 Å². The van der Waals surface area contributed by atoms with E-state index in [-0.39, 0.29) is 11.8 Å². The number of methoxy groups -OCH3 is 1. The molecule has 0 aromatic heterocycles. The fourth-order valence-corrected chi connectivity index (χ4v) is 4.39. The van der Waals surface area contributed by atoms with Crippen LogP contribution in [0.4, 0.5) is 0 Å². The number of nitrogens with one attached hydrogen (secondary N) is 1. The van der Waals surface area contributed by atoms with Crippen molar-refractivity contribution in [3.05, 3.63) is 64.7 Å². The maximum Gasteiger partial charge on any atom is 0.242 e. The van der Waals surface area contributed by atoms with Crippen LogP contribution in [0.15, 0.2) is 42.5 Å². The summed E-state index contributed by atoms with van der Waals surface area (Å²) in [6.45, 7) is 6.45. The molecule has 0 heterocycles. The first kappa shape index (κ1) is 23.8. The number of ether oxygens (including phenoxy) is 1. The Kier molecular flexibility index (Phi) is 9.24. The van der Waals surface area contributed by atoms with Crippen LogP contribution in [0.3, 0.4) is 0 Å². The average Bonchev–Trinajstić information content (AvgIpc) is 2.72. The molecule has 5 nitrogen and oxygen atoms in total. The lowest BCUT2D eigenvalue weighted by Crippen LogP contribution is -2.48. The number of rotatable bonds is 10. The molecule has 1 atom stereocenters. The van der Waals surface area contributed by atoms with E-state index in [4.69, 9.17) is 4.74 Å². The fraction of sp³-hybridized carbons (Fsp3) is 0.417. The summed E-state index contributed by atoms with van der Waals surface area (Å²) in [4.78, 5) is 27.3. The van der Waals surface area contributed by atoms with Crippen LogP contribution < -0.4 is 10.1 Å². The Morgan fingerprint density at radius 3 is 2.40 bits per heavy atom. The van der Waals surface area contributed by atoms with Crippen LogP contribution in [0.5, 0.6) is 5.75 Å². The largest absolute Gasteiger partial charge is 0.497 e. The van der Waals surface area contributed by atoms with Crippen LogP contribution >= 0.6 is 11.8 Å². The third kappa shape index (κ3) is 6.80. The van der Waals surface area contributed by atoms with Gasteiger partial charge < -0.3 is 15.0 Å². The zero-order valence-corrected chi connectivity index (χ0v) is 19.3. The molecular weight excluding hydrogens is 396 g/mol. The number of aryl methyl sites for hydroxylation is 2. The van der Waals surface area contributed by atoms with E-state index >= 15 is 0 Å². The van der Waals surface area contributed by atoms with Crippen molar-refractivity contribution in [1.82, 2.24) is 10.2 Å². The molecule has 0 aliphatic carbocycles. The summed E-state index contributed by atoms with van der Waals surface area (Å²) in [7, 11) is 3.22. The summed E-state index contributed by atoms with van der Waals surface area (Å²) in [6.07, 6.45) is 0.553. The van der Waals surface area contributed by atoms with Gasteiger partial charge in [0.05, 0.1) is 12.9 Å². The SMILES string of the molecule is CCC(C(=O)NC)N(Cc1cccc(OC)c1)C(=O)CSCc1cc(C)cc(C)c1. The first-order valence-electron chi connectivity index (χ1n) is 10.2. The maximum absolute atomic E-state index is 13.1. The highest BCUT2D eigenvalue weighted by molar-refractivity contribution is 7.99. The predicted molar refractivity (Wildman–Crippen MR) is 124 cm³/mol. The van der Waals surface area contributed by atoms with Crippen LogP contribution in [-0.2, 0) is 21.9 Å². The molecule has 2 rings (SSSR count). The van der Waals surface area contributed by atoms with Crippen molar-refractivity contribution in [2.45, 2.75) is 45.5 Å². The number of likely N-dealkylation sites (N-methyl/N-ethyl adjacent to an activating group) is 1. The van der Waals surface area contributed by atoms with Crippen LogP contribution in [0.25, 0.3) is 0 Å². The number of nitrogens with zero attached hydrogens (tertiary/aromatic N) is 1. The standard InChI is InChI=1S/C24H32N2O3S/c1-6-22(24(28)25-4)26(14-19-8-7-9-21(13-19)29-5)23(27)16-30-15-20-11-17(2)10-18(3)12-20/h7-13,22H,6,14-16H2,1-5H3,(H,25,28). The van der Waals surface area contributed by atoms with E-state index in [1.165, 1.54) is 16.7 Å². The third-order valence-electron chi connectivity index (χ3n) is 4.90. The van der Waals surface area contributed by atoms with Gasteiger partial charge in [-0.25, -0.2) is 0 Å². The number of carbonyl (C=O) groups is 2. The molecule has 0 fully saturated rings. The summed E-state index contributed by atoms with van der Waals surface area (Å²) < 4.78 is 5.30. The molecule has 162 valence electrons. The van der Waals surface area contributed by atoms with E-state index in [2.05, 4.69) is 37.4 Å². The van der Waals surface area contributed by atoms with E-state index in [9.17, 15) is 9.59 Å². The molecule has 30 heavy (non-hydrogen) atoms. The van der Waals surface area contributed by atoms with Gasteiger partial charge in [0.2, 0.25) is 11.8 Å². The first-order valence-corrected chi connectivity index (χ1v) is 11.3. The molecule has 1 N–H and O–H groups in total. The number of thioether (sulfide) groups is 1. The van der Waals surface area contributed by atoms with Crippen LogP contribution in [0.1, 0.15) is 35.6 Å². The second kappa shape index (κ2) is 11.6. The molecule has 0 aliphatic rings. The fourth-order valence-electron chi connectivity index (χ4n) is 3.55. The van der Waals surface area contributed by atoms with Gasteiger partial charge in [-0.15, -0.1) is 11.8 Å². The molecule has 2 amide bonds. The lowest BCUT2D eigenvalue weighted by atomic mass is 10.1. The van der Waals surface area contributed by atoms with Crippen LogP contribution in [-0.4, -0.2) is 42.7 Å². The van der Waals surface area contributed by atoms with Gasteiger partial charge in [0.25, 0.3) is 0 Å². The predicted octanol–water partition coefficient (Wildman–Crippen LogP) is 4.10. The quantitative estimate of drug-likeness (QED) is 0.619. The van der Waals surface area contributed by atoms with E-state index in [1.54, 1.807) is 30.8 Å². The molecule has 0 bridgehead atoms. The normalized spacial score (nSPS) is 11.6. The molecule has 0 saturated carbocycles. The molecule has 0 saturated heterocycles. The topological polar surface area (TPSA) is 58.6 Å². The van der Waals surface area contributed by atoms with Crippen LogP contribution in [0.2, 0.25) is 0 Å². The highest BCUT2D eigenvalue weighted by Crippen LogP contribution is 2.20. The Hall–Kier alpha value is -2.47. The lowest BCUT2D eigenvalue weighted by Gasteiger charge is -2.30. The summed E-state index contributed by atoms with van der Waals surface area (Å²) in [5, 5.41) is 2.69. The van der Waals surface area contributed by atoms with E-state index in [1.807, 2.05) is 31.2 Å². The minimum Gasteiger partial charge on any atom is -0.497 e. The number of hydrogen-bond acceptors (Lipinski definition) is 4. The average molecular weight is 429 g/mol. The molecule has 0 spiro atoms. The zero-order chi connectivity index (χ0) is 22.1. The molecule has 6 heteroatoms. The smallest absolute Gasteiger partial charge is 0.242 e. The maximum atomic E-state index is 13.1. The van der Waals surface area contributed by atoms with Gasteiger partial charge >= 0.3 is 0 Å². The van der Waals surface area contributed by atoms with Crippen molar-refractivity contribution < 1.29 is 14.3 Å². The summed E-state index contributed by atoms with van der Waals surface area (Å²) >= 11 is 1.58. The van der Waals surface area contributed by atoms with Crippen molar-refractivity contribution in [3.8, 4) is 5.75 Å². The molecule has 0 radical (unpaired) electrons. The lowest BCUT2D eigenvalue weighted by molar-refractivity contribution is -0.139. The highest BCUT2D eigenvalue weighted by atomic mass is 32.2. The minimum absolute atomic E-state index is 0.0392. The number of amides is 2. The summed E-state index contributed by atoms with van der Waals surface area (Å²) in [5.74, 6) is 1.63. The van der Waals surface area contributed by atoms with Crippen molar-refractivity contribution in [2.75, 3.05) is 19.9 Å². The Balaban J connectivity index is 2.13. The Morgan fingerprint density at radius 2 is 1.80 bits per heavy atom. The second-order valence-corrected chi connectivity index (χ2v) is 8.39. The number of benzene rings is 2. The van der Waals surface area contributed by atoms with Crippen molar-refractivity contribution in [2.24, 2.45) is 0 Å². The Bertz CT molecular complexity index is 849. The van der Waals surface area contributed by atoms with Crippen molar-refractivity contribution >= 4 is 23.6 Å². The summed E-state index contributed by atoms with van der Waals surface area (Å²) in [6, 6.07) is 13.6. The van der Waals surface area contributed by atoms with Crippen LogP contribution in [0, 0.1) is 13.8 Å². The van der Waals surface area contributed by atoms with Gasteiger partial charge in [-0.3, -0.25) is 9.59 Å². The zero-order valence-electron chi connectivity index (χ0n) is 18.5. The monoisotopic (exact) mass is 428 g/mol. The van der Waals surface area contributed by atoms with Gasteiger partial charge in [0, 0.05) is 19.3 Å². The molecule has 2 aromatic carbocycles. The van der Waals surface area contributed by atoms with Crippen molar-refractivity contribution in [3.63, 3.8) is 0 Å². The molecule has 2 aromatic rings. The van der Waals surface area contributed by atoms with Gasteiger partial charge in [0.15, 0.2) is 0 Å². The summed E-state index contributed by atoms with van der Waals surface area (Å²) in [5.41, 5.74) is 4.59. The number of carbonyl (C=O) groups excluding carboxylic acids is 2. The Labute approximate surface area is 184 Å². The van der Waals surface area contributed by atoms with E-state index < -0.39 is 6.04 Å². The van der Waals surface area contributed by atoms with Gasteiger partial charge in [0.1, 0.15) is 11.8 Å². The highest BCUT2D eigenvalue weighted by Gasteiger charge is 2.27. The Morgan fingerprint density at radius 1 is 1.10 bits per heavy atom. The molecule has 1 unspecified atom stereocenters. The molecule has 0 aliphatic heterocycles. The second-order valence-electron chi connectivity index (χ2n) is 7.40. The van der Waals surface area contributed by atoms with Gasteiger partial charge in [-0.05, 0) is 43.5 Å². The van der Waals surface area contributed by atoms with E-state index in [0.717, 1.165) is 17.1 Å². The minimum atomic E-state index is -0.504. The number of hydrogen-bond donors (Lipinski definition) is 1.